The summed E-state index contributed by atoms with van der Waals surface area (Å²) in [5, 5.41) is 8.78. The van der Waals surface area contributed by atoms with Crippen molar-refractivity contribution in [1.82, 2.24) is 10.1 Å². The van der Waals surface area contributed by atoms with Gasteiger partial charge in [0.2, 0.25) is 11.8 Å². The highest BCUT2D eigenvalue weighted by Crippen LogP contribution is 2.20. The van der Waals surface area contributed by atoms with Crippen LogP contribution in [0.1, 0.15) is 26.5 Å². The minimum Gasteiger partial charge on any atom is -0.372 e. The minimum absolute atomic E-state index is 0.146. The number of hydrogen-bond donors (Lipinski definition) is 2. The Balaban J connectivity index is 1.44. The van der Waals surface area contributed by atoms with E-state index in [1.807, 2.05) is 26.0 Å². The molecule has 0 bridgehead atoms. The first kappa shape index (κ1) is 22.1. The molecule has 1 aliphatic heterocycles. The van der Waals surface area contributed by atoms with Gasteiger partial charge in [-0.3, -0.25) is 9.59 Å². The van der Waals surface area contributed by atoms with Crippen LogP contribution in [-0.2, 0) is 14.3 Å². The van der Waals surface area contributed by atoms with Crippen LogP contribution in [0.5, 0.6) is 0 Å². The van der Waals surface area contributed by atoms with Crippen molar-refractivity contribution in [3.8, 4) is 0 Å². The zero-order chi connectivity index (χ0) is 21.7. The Bertz CT molecular complexity index is 862. The quantitative estimate of drug-likeness (QED) is 0.686. The van der Waals surface area contributed by atoms with E-state index >= 15 is 0 Å². The summed E-state index contributed by atoms with van der Waals surface area (Å²) in [6.45, 7) is 9.14. The van der Waals surface area contributed by atoms with E-state index in [1.165, 1.54) is 11.8 Å². The molecule has 0 saturated carbocycles. The summed E-state index contributed by atoms with van der Waals surface area (Å²) in [5.41, 5.74) is 0.619. The second-order valence-electron chi connectivity index (χ2n) is 7.38. The Morgan fingerprint density at radius 3 is 2.60 bits per heavy atom. The lowest BCUT2D eigenvalue weighted by molar-refractivity contribution is -0.115. The molecule has 2 aromatic heterocycles. The minimum atomic E-state index is -0.418. The van der Waals surface area contributed by atoms with Crippen LogP contribution in [0.25, 0.3) is 0 Å². The van der Waals surface area contributed by atoms with E-state index in [0.29, 0.717) is 17.3 Å². The van der Waals surface area contributed by atoms with Crippen molar-refractivity contribution in [2.45, 2.75) is 45.2 Å². The highest BCUT2D eigenvalue weighted by Gasteiger charge is 2.23. The molecule has 0 aromatic carbocycles. The van der Waals surface area contributed by atoms with Gasteiger partial charge in [0.25, 0.3) is 0 Å². The van der Waals surface area contributed by atoms with Crippen LogP contribution in [0.3, 0.4) is 0 Å². The van der Waals surface area contributed by atoms with Gasteiger partial charge in [-0.15, -0.1) is 11.8 Å². The monoisotopic (exact) mass is 433 g/mol. The molecule has 1 fully saturated rings. The molecular formula is C20H27N5O4S. The van der Waals surface area contributed by atoms with Crippen molar-refractivity contribution in [3.05, 3.63) is 30.2 Å². The normalized spacial score (nSPS) is 19.9. The lowest BCUT2D eigenvalue weighted by Crippen LogP contribution is -2.45. The van der Waals surface area contributed by atoms with Crippen molar-refractivity contribution >= 4 is 40.9 Å². The summed E-state index contributed by atoms with van der Waals surface area (Å²) < 4.78 is 10.7. The number of aryl methyl sites for hydroxylation is 1. The van der Waals surface area contributed by atoms with Crippen LogP contribution < -0.4 is 15.5 Å². The summed E-state index contributed by atoms with van der Waals surface area (Å²) in [7, 11) is 0. The van der Waals surface area contributed by atoms with Gasteiger partial charge in [0.1, 0.15) is 11.6 Å². The fourth-order valence-electron chi connectivity index (χ4n) is 3.14. The third kappa shape index (κ3) is 6.20. The van der Waals surface area contributed by atoms with E-state index in [4.69, 9.17) is 9.26 Å². The summed E-state index contributed by atoms with van der Waals surface area (Å²) in [6, 6.07) is 5.36. The number of morpholine rings is 1. The van der Waals surface area contributed by atoms with Crippen LogP contribution in [0.4, 0.5) is 17.3 Å². The van der Waals surface area contributed by atoms with Crippen LogP contribution in [0.2, 0.25) is 0 Å². The second-order valence-corrected chi connectivity index (χ2v) is 8.71. The van der Waals surface area contributed by atoms with Gasteiger partial charge < -0.3 is 24.8 Å². The van der Waals surface area contributed by atoms with Gasteiger partial charge in [0.05, 0.1) is 35.1 Å². The predicted octanol–water partition coefficient (Wildman–Crippen LogP) is 2.69. The van der Waals surface area contributed by atoms with Crippen LogP contribution >= 0.6 is 11.8 Å². The molecule has 1 saturated heterocycles. The molecule has 3 atom stereocenters. The zero-order valence-corrected chi connectivity index (χ0v) is 18.4. The van der Waals surface area contributed by atoms with Gasteiger partial charge >= 0.3 is 0 Å². The Hall–Kier alpha value is -2.59. The number of rotatable bonds is 7. The number of nitrogens with one attached hydrogen (secondary N) is 2. The average molecular weight is 434 g/mol. The van der Waals surface area contributed by atoms with Gasteiger partial charge in [0.15, 0.2) is 5.82 Å². The Morgan fingerprint density at radius 1 is 1.27 bits per heavy atom. The van der Waals surface area contributed by atoms with E-state index in [2.05, 4.69) is 25.7 Å². The molecule has 0 spiro atoms. The zero-order valence-electron chi connectivity index (χ0n) is 17.5. The van der Waals surface area contributed by atoms with Gasteiger partial charge in [-0.05, 0) is 39.8 Å². The summed E-state index contributed by atoms with van der Waals surface area (Å²) >= 11 is 1.24. The van der Waals surface area contributed by atoms with E-state index in [1.54, 1.807) is 26.1 Å². The molecule has 9 nitrogen and oxygen atoms in total. The Kier molecular flexibility index (Phi) is 7.33. The third-order valence-corrected chi connectivity index (χ3v) is 5.63. The van der Waals surface area contributed by atoms with Crippen molar-refractivity contribution < 1.29 is 18.8 Å². The standard InChI is InChI=1S/C20H27N5O4S/c1-12-7-17(24-29-12)23-20(27)15(4)30-11-19(26)22-16-5-6-18(21-8-16)25-9-13(2)28-14(3)10-25/h5-8,13-15H,9-11H2,1-4H3,(H,22,26)(H,23,24,27). The summed E-state index contributed by atoms with van der Waals surface area (Å²) in [4.78, 5) is 31.0. The number of amides is 2. The molecule has 162 valence electrons. The predicted molar refractivity (Wildman–Crippen MR) is 117 cm³/mol. The van der Waals surface area contributed by atoms with Crippen molar-refractivity contribution in [3.63, 3.8) is 0 Å². The highest BCUT2D eigenvalue weighted by atomic mass is 32.2. The summed E-state index contributed by atoms with van der Waals surface area (Å²) in [6.07, 6.45) is 1.95. The van der Waals surface area contributed by atoms with E-state index in [9.17, 15) is 9.59 Å². The number of pyridine rings is 1. The molecule has 3 heterocycles. The SMILES string of the molecule is Cc1cc(NC(=O)C(C)SCC(=O)Nc2ccc(N3CC(C)OC(C)C3)nc2)no1. The van der Waals surface area contributed by atoms with Crippen molar-refractivity contribution in [2.75, 3.05) is 34.4 Å². The largest absolute Gasteiger partial charge is 0.372 e. The molecule has 0 aliphatic carbocycles. The molecule has 1 aliphatic rings. The topological polar surface area (TPSA) is 110 Å². The fraction of sp³-hybridized carbons (Fsp3) is 0.500. The number of anilines is 3. The Labute approximate surface area is 179 Å². The number of ether oxygens (including phenoxy) is 1. The molecule has 30 heavy (non-hydrogen) atoms. The number of nitrogens with zero attached hydrogens (tertiary/aromatic N) is 3. The average Bonchev–Trinajstić information content (AvgIpc) is 3.10. The maximum atomic E-state index is 12.2. The number of carbonyl (C=O) groups excluding carboxylic acids is 2. The molecule has 3 rings (SSSR count). The third-order valence-electron chi connectivity index (χ3n) is 4.49. The number of aromatic nitrogens is 2. The lowest BCUT2D eigenvalue weighted by Gasteiger charge is -2.36. The van der Waals surface area contributed by atoms with E-state index < -0.39 is 5.25 Å². The van der Waals surface area contributed by atoms with Crippen LogP contribution in [0, 0.1) is 6.92 Å². The number of hydrogen-bond acceptors (Lipinski definition) is 8. The van der Waals surface area contributed by atoms with Gasteiger partial charge in [-0.2, -0.15) is 0 Å². The molecule has 2 N–H and O–H groups in total. The molecule has 10 heteroatoms. The summed E-state index contributed by atoms with van der Waals surface area (Å²) in [5.74, 6) is 1.55. The molecule has 0 radical (unpaired) electrons. The van der Waals surface area contributed by atoms with Crippen LogP contribution in [-0.4, -0.2) is 58.3 Å². The maximum absolute atomic E-state index is 12.2. The van der Waals surface area contributed by atoms with Crippen molar-refractivity contribution in [1.29, 1.82) is 0 Å². The first-order valence-electron chi connectivity index (χ1n) is 9.82. The van der Waals surface area contributed by atoms with Crippen LogP contribution in [0.15, 0.2) is 28.9 Å². The molecular weight excluding hydrogens is 406 g/mol. The first-order valence-corrected chi connectivity index (χ1v) is 10.9. The number of carbonyl (C=O) groups is 2. The molecule has 2 amide bonds. The van der Waals surface area contributed by atoms with E-state index in [-0.39, 0.29) is 29.8 Å². The fourth-order valence-corrected chi connectivity index (χ4v) is 3.82. The highest BCUT2D eigenvalue weighted by molar-refractivity contribution is 8.01. The van der Waals surface area contributed by atoms with Crippen molar-refractivity contribution in [2.24, 2.45) is 0 Å². The van der Waals surface area contributed by atoms with E-state index in [0.717, 1.165) is 18.9 Å². The molecule has 3 unspecified atom stereocenters. The van der Waals surface area contributed by atoms with Gasteiger partial charge in [-0.1, -0.05) is 5.16 Å². The molecule has 2 aromatic rings. The maximum Gasteiger partial charge on any atom is 0.238 e. The number of thioether (sulfide) groups is 1. The first-order chi connectivity index (χ1) is 14.3. The lowest BCUT2D eigenvalue weighted by atomic mass is 10.2. The smallest absolute Gasteiger partial charge is 0.238 e. The Morgan fingerprint density at radius 2 is 2.00 bits per heavy atom. The van der Waals surface area contributed by atoms with Gasteiger partial charge in [0, 0.05) is 19.2 Å². The second kappa shape index (κ2) is 9.94. The van der Waals surface area contributed by atoms with Gasteiger partial charge in [-0.25, -0.2) is 4.98 Å².